The molecule has 68 valence electrons. The van der Waals surface area contributed by atoms with Gasteiger partial charge >= 0.3 is 0 Å². The van der Waals surface area contributed by atoms with E-state index in [0.717, 1.165) is 0 Å². The Kier molecular flexibility index (Phi) is 1.84. The number of hydrogen-bond acceptors (Lipinski definition) is 5. The third-order valence-electron chi connectivity index (χ3n) is 1.59. The van der Waals surface area contributed by atoms with Crippen LogP contribution in [0.1, 0.15) is 5.69 Å². The molecular formula is C8H6N6. The van der Waals surface area contributed by atoms with Gasteiger partial charge in [-0.15, -0.1) is 5.10 Å². The van der Waals surface area contributed by atoms with Crippen LogP contribution in [0.2, 0.25) is 0 Å². The summed E-state index contributed by atoms with van der Waals surface area (Å²) in [5.41, 5.74) is 5.68. The molecule has 0 aliphatic heterocycles. The van der Waals surface area contributed by atoms with Crippen LogP contribution < -0.4 is 5.73 Å². The van der Waals surface area contributed by atoms with Gasteiger partial charge < -0.3 is 5.73 Å². The standard InChI is InChI=1S/C8H6N6/c9-4-6-2-1-3-7(12-6)14-5-11-8(10)13-14/h1-3,5H,(H2,10,13). The maximum Gasteiger partial charge on any atom is 0.239 e. The molecule has 0 unspecified atom stereocenters. The fourth-order valence-corrected chi connectivity index (χ4v) is 0.999. The maximum atomic E-state index is 8.63. The lowest BCUT2D eigenvalue weighted by Gasteiger charge is -1.97. The minimum Gasteiger partial charge on any atom is -0.366 e. The van der Waals surface area contributed by atoms with Gasteiger partial charge in [-0.05, 0) is 12.1 Å². The molecular weight excluding hydrogens is 180 g/mol. The van der Waals surface area contributed by atoms with Gasteiger partial charge in [0.15, 0.2) is 5.82 Å². The Labute approximate surface area is 79.6 Å². The van der Waals surface area contributed by atoms with Crippen LogP contribution in [0.15, 0.2) is 24.5 Å². The van der Waals surface area contributed by atoms with Crippen molar-refractivity contribution in [1.29, 1.82) is 5.26 Å². The van der Waals surface area contributed by atoms with E-state index >= 15 is 0 Å². The fraction of sp³-hybridized carbons (Fsp3) is 0. The molecule has 0 saturated carbocycles. The Morgan fingerprint density at radius 2 is 2.29 bits per heavy atom. The molecule has 2 aromatic heterocycles. The van der Waals surface area contributed by atoms with Gasteiger partial charge in [0.1, 0.15) is 18.1 Å². The molecule has 0 amide bonds. The number of nitrogens with two attached hydrogens (primary N) is 1. The number of aromatic nitrogens is 4. The van der Waals surface area contributed by atoms with Crippen molar-refractivity contribution in [3.63, 3.8) is 0 Å². The van der Waals surface area contributed by atoms with Crippen molar-refractivity contribution < 1.29 is 0 Å². The van der Waals surface area contributed by atoms with Crippen molar-refractivity contribution in [2.24, 2.45) is 0 Å². The molecule has 0 radical (unpaired) electrons. The van der Waals surface area contributed by atoms with Gasteiger partial charge in [0.05, 0.1) is 0 Å². The van der Waals surface area contributed by atoms with Crippen LogP contribution in [-0.2, 0) is 0 Å². The lowest BCUT2D eigenvalue weighted by molar-refractivity contribution is 0.846. The molecule has 14 heavy (non-hydrogen) atoms. The van der Waals surface area contributed by atoms with Crippen molar-refractivity contribution in [2.45, 2.75) is 0 Å². The highest BCUT2D eigenvalue weighted by atomic mass is 15.4. The highest BCUT2D eigenvalue weighted by Crippen LogP contribution is 2.03. The van der Waals surface area contributed by atoms with E-state index in [1.165, 1.54) is 11.0 Å². The van der Waals surface area contributed by atoms with Gasteiger partial charge in [0.25, 0.3) is 0 Å². The molecule has 0 aliphatic carbocycles. The van der Waals surface area contributed by atoms with E-state index in [1.54, 1.807) is 18.2 Å². The van der Waals surface area contributed by atoms with Gasteiger partial charge in [-0.3, -0.25) is 0 Å². The lowest BCUT2D eigenvalue weighted by atomic mass is 10.4. The van der Waals surface area contributed by atoms with Crippen molar-refractivity contribution >= 4 is 5.95 Å². The number of pyridine rings is 1. The van der Waals surface area contributed by atoms with Gasteiger partial charge in [-0.1, -0.05) is 6.07 Å². The Balaban J connectivity index is 2.47. The molecule has 6 nitrogen and oxygen atoms in total. The van der Waals surface area contributed by atoms with Gasteiger partial charge in [0.2, 0.25) is 5.95 Å². The smallest absolute Gasteiger partial charge is 0.239 e. The quantitative estimate of drug-likeness (QED) is 0.682. The summed E-state index contributed by atoms with van der Waals surface area (Å²) in [6, 6.07) is 6.99. The van der Waals surface area contributed by atoms with E-state index in [4.69, 9.17) is 11.0 Å². The average molecular weight is 186 g/mol. The number of nitrogens with zero attached hydrogens (tertiary/aromatic N) is 5. The minimum absolute atomic E-state index is 0.175. The summed E-state index contributed by atoms with van der Waals surface area (Å²) in [6.45, 7) is 0. The second-order valence-electron chi connectivity index (χ2n) is 2.54. The van der Waals surface area contributed by atoms with Crippen LogP contribution in [0.25, 0.3) is 5.82 Å². The number of rotatable bonds is 1. The SMILES string of the molecule is N#Cc1cccc(-n2cnc(N)n2)n1. The van der Waals surface area contributed by atoms with Gasteiger partial charge in [-0.25, -0.2) is 14.6 Å². The van der Waals surface area contributed by atoms with E-state index in [-0.39, 0.29) is 5.95 Å². The van der Waals surface area contributed by atoms with Gasteiger partial charge in [0, 0.05) is 0 Å². The molecule has 0 aromatic carbocycles. The first-order chi connectivity index (χ1) is 6.79. The zero-order chi connectivity index (χ0) is 9.97. The van der Waals surface area contributed by atoms with Crippen LogP contribution in [0.4, 0.5) is 5.95 Å². The second-order valence-corrected chi connectivity index (χ2v) is 2.54. The summed E-state index contributed by atoms with van der Waals surface area (Å²) < 4.78 is 1.41. The zero-order valence-corrected chi connectivity index (χ0v) is 7.12. The molecule has 2 aromatic rings. The molecule has 0 spiro atoms. The first-order valence-electron chi connectivity index (χ1n) is 3.84. The van der Waals surface area contributed by atoms with E-state index in [2.05, 4.69) is 15.1 Å². The highest BCUT2D eigenvalue weighted by molar-refractivity contribution is 5.29. The third-order valence-corrected chi connectivity index (χ3v) is 1.59. The molecule has 2 N–H and O–H groups in total. The predicted molar refractivity (Wildman–Crippen MR) is 48.3 cm³/mol. The van der Waals surface area contributed by atoms with E-state index < -0.39 is 0 Å². The summed E-state index contributed by atoms with van der Waals surface area (Å²) in [6.07, 6.45) is 1.44. The van der Waals surface area contributed by atoms with Crippen LogP contribution in [0.5, 0.6) is 0 Å². The summed E-state index contributed by atoms with van der Waals surface area (Å²) in [5.74, 6) is 0.697. The molecule has 2 rings (SSSR count). The van der Waals surface area contributed by atoms with E-state index in [1.807, 2.05) is 6.07 Å². The van der Waals surface area contributed by atoms with Crippen LogP contribution >= 0.6 is 0 Å². The van der Waals surface area contributed by atoms with Crippen LogP contribution in [0.3, 0.4) is 0 Å². The van der Waals surface area contributed by atoms with E-state index in [0.29, 0.717) is 11.5 Å². The molecule has 0 atom stereocenters. The van der Waals surface area contributed by atoms with Crippen LogP contribution in [-0.4, -0.2) is 19.7 Å². The first kappa shape index (κ1) is 8.19. The normalized spacial score (nSPS) is 9.64. The van der Waals surface area contributed by atoms with Gasteiger partial charge in [-0.2, -0.15) is 5.26 Å². The summed E-state index contributed by atoms with van der Waals surface area (Å²) >= 11 is 0. The topological polar surface area (TPSA) is 93.4 Å². The number of nitrogen functional groups attached to an aromatic ring is 1. The Morgan fingerprint density at radius 1 is 1.43 bits per heavy atom. The van der Waals surface area contributed by atoms with Crippen molar-refractivity contribution in [1.82, 2.24) is 19.7 Å². The Morgan fingerprint density at radius 3 is 2.93 bits per heavy atom. The zero-order valence-electron chi connectivity index (χ0n) is 7.12. The second kappa shape index (κ2) is 3.14. The summed E-state index contributed by atoms with van der Waals surface area (Å²) in [5, 5.41) is 12.5. The van der Waals surface area contributed by atoms with E-state index in [9.17, 15) is 0 Å². The maximum absolute atomic E-state index is 8.63. The Bertz CT molecular complexity index is 495. The summed E-state index contributed by atoms with van der Waals surface area (Å²) in [4.78, 5) is 7.77. The van der Waals surface area contributed by atoms with Crippen molar-refractivity contribution in [3.8, 4) is 11.9 Å². The van der Waals surface area contributed by atoms with Crippen molar-refractivity contribution in [2.75, 3.05) is 5.73 Å². The minimum atomic E-state index is 0.175. The third kappa shape index (κ3) is 1.38. The molecule has 6 heteroatoms. The molecule has 0 fully saturated rings. The average Bonchev–Trinajstić information content (AvgIpc) is 2.65. The number of anilines is 1. The fourth-order valence-electron chi connectivity index (χ4n) is 0.999. The highest BCUT2D eigenvalue weighted by Gasteiger charge is 2.01. The predicted octanol–water partition coefficient (Wildman–Crippen LogP) is 0.116. The molecule has 0 aliphatic rings. The molecule has 0 bridgehead atoms. The molecule has 0 saturated heterocycles. The number of nitriles is 1. The Hall–Kier alpha value is -2.42. The molecule has 2 heterocycles. The van der Waals surface area contributed by atoms with Crippen LogP contribution in [0, 0.1) is 11.3 Å². The summed E-state index contributed by atoms with van der Waals surface area (Å²) in [7, 11) is 0. The lowest BCUT2D eigenvalue weighted by Crippen LogP contribution is -1.99. The largest absolute Gasteiger partial charge is 0.366 e. The van der Waals surface area contributed by atoms with Crippen molar-refractivity contribution in [3.05, 3.63) is 30.2 Å². The monoisotopic (exact) mass is 186 g/mol. The number of hydrogen-bond donors (Lipinski definition) is 1. The first-order valence-corrected chi connectivity index (χ1v) is 3.84.